The SMILES string of the molecule is CC(O)COCC(COCC(C)O)(COCC(C)O)COCC(C)O. The molecule has 152 valence electrons. The predicted molar refractivity (Wildman–Crippen MR) is 92.4 cm³/mol. The Morgan fingerprint density at radius 1 is 0.520 bits per heavy atom. The van der Waals surface area contributed by atoms with Gasteiger partial charge in [-0.3, -0.25) is 0 Å². The van der Waals surface area contributed by atoms with Gasteiger partial charge in [-0.2, -0.15) is 0 Å². The van der Waals surface area contributed by atoms with E-state index in [1.165, 1.54) is 0 Å². The van der Waals surface area contributed by atoms with Crippen molar-refractivity contribution >= 4 is 0 Å². The average molecular weight is 368 g/mol. The van der Waals surface area contributed by atoms with Crippen LogP contribution in [-0.2, 0) is 18.9 Å². The van der Waals surface area contributed by atoms with Crippen LogP contribution in [-0.4, -0.2) is 97.7 Å². The fraction of sp³-hybridized carbons (Fsp3) is 1.00. The number of hydrogen-bond donors (Lipinski definition) is 4. The zero-order valence-electron chi connectivity index (χ0n) is 15.9. The van der Waals surface area contributed by atoms with Crippen molar-refractivity contribution in [2.75, 3.05) is 52.9 Å². The monoisotopic (exact) mass is 368 g/mol. The smallest absolute Gasteiger partial charge is 0.0745 e. The zero-order chi connectivity index (χ0) is 19.3. The highest BCUT2D eigenvalue weighted by atomic mass is 16.5. The van der Waals surface area contributed by atoms with Gasteiger partial charge >= 0.3 is 0 Å². The Kier molecular flexibility index (Phi) is 13.7. The van der Waals surface area contributed by atoms with E-state index in [-0.39, 0.29) is 52.9 Å². The summed E-state index contributed by atoms with van der Waals surface area (Å²) in [5, 5.41) is 37.5. The summed E-state index contributed by atoms with van der Waals surface area (Å²) >= 11 is 0. The normalized spacial score (nSPS) is 19.2. The minimum atomic E-state index is -0.687. The van der Waals surface area contributed by atoms with E-state index in [0.29, 0.717) is 0 Å². The van der Waals surface area contributed by atoms with Gasteiger partial charge < -0.3 is 39.4 Å². The van der Waals surface area contributed by atoms with Crippen molar-refractivity contribution in [2.24, 2.45) is 5.41 Å². The highest BCUT2D eigenvalue weighted by Gasteiger charge is 2.33. The van der Waals surface area contributed by atoms with Gasteiger partial charge in [-0.1, -0.05) is 0 Å². The molecular weight excluding hydrogens is 332 g/mol. The summed E-state index contributed by atoms with van der Waals surface area (Å²) in [6.07, 6.45) is -2.42. The third-order valence-electron chi connectivity index (χ3n) is 3.07. The molecule has 0 heterocycles. The number of hydrogen-bond acceptors (Lipinski definition) is 8. The van der Waals surface area contributed by atoms with E-state index in [0.717, 1.165) is 0 Å². The molecule has 0 aromatic heterocycles. The van der Waals surface area contributed by atoms with Crippen LogP contribution in [0.5, 0.6) is 0 Å². The zero-order valence-corrected chi connectivity index (χ0v) is 15.9. The van der Waals surface area contributed by atoms with Gasteiger partial charge in [0.2, 0.25) is 0 Å². The molecule has 0 aliphatic heterocycles. The van der Waals surface area contributed by atoms with E-state index in [1.807, 2.05) is 0 Å². The van der Waals surface area contributed by atoms with Gasteiger partial charge in [0.25, 0.3) is 0 Å². The fourth-order valence-electron chi connectivity index (χ4n) is 2.03. The molecule has 0 amide bonds. The van der Waals surface area contributed by atoms with Crippen molar-refractivity contribution in [1.82, 2.24) is 0 Å². The Labute approximate surface area is 150 Å². The molecule has 0 saturated carbocycles. The van der Waals surface area contributed by atoms with Crippen LogP contribution in [0.25, 0.3) is 0 Å². The van der Waals surface area contributed by atoms with Crippen LogP contribution in [0.4, 0.5) is 0 Å². The maximum atomic E-state index is 9.38. The van der Waals surface area contributed by atoms with E-state index < -0.39 is 29.8 Å². The molecule has 8 heteroatoms. The molecule has 0 aromatic rings. The molecule has 0 radical (unpaired) electrons. The molecule has 4 N–H and O–H groups in total. The molecule has 0 aliphatic carbocycles. The summed E-state index contributed by atoms with van der Waals surface area (Å²) in [6.45, 7) is 7.95. The fourth-order valence-corrected chi connectivity index (χ4v) is 2.03. The summed E-state index contributed by atoms with van der Waals surface area (Å²) in [5.74, 6) is 0. The van der Waals surface area contributed by atoms with Crippen LogP contribution < -0.4 is 0 Å². The third-order valence-corrected chi connectivity index (χ3v) is 3.07. The van der Waals surface area contributed by atoms with Crippen LogP contribution in [0.1, 0.15) is 27.7 Å². The summed E-state index contributed by atoms with van der Waals surface area (Å²) in [4.78, 5) is 0. The molecule has 0 fully saturated rings. The van der Waals surface area contributed by atoms with Gasteiger partial charge in [0.05, 0.1) is 82.7 Å². The maximum Gasteiger partial charge on any atom is 0.0745 e. The van der Waals surface area contributed by atoms with Crippen LogP contribution in [0.3, 0.4) is 0 Å². The summed E-state index contributed by atoms with van der Waals surface area (Å²) < 4.78 is 22.2. The van der Waals surface area contributed by atoms with Crippen molar-refractivity contribution in [3.8, 4) is 0 Å². The molecule has 0 aromatic carbocycles. The van der Waals surface area contributed by atoms with Crippen molar-refractivity contribution < 1.29 is 39.4 Å². The molecule has 4 unspecified atom stereocenters. The van der Waals surface area contributed by atoms with Crippen molar-refractivity contribution in [3.63, 3.8) is 0 Å². The first-order valence-electron chi connectivity index (χ1n) is 8.70. The van der Waals surface area contributed by atoms with Gasteiger partial charge in [-0.05, 0) is 27.7 Å². The lowest BCUT2D eigenvalue weighted by Gasteiger charge is -2.33. The second-order valence-corrected chi connectivity index (χ2v) is 6.96. The van der Waals surface area contributed by atoms with E-state index in [1.54, 1.807) is 27.7 Å². The van der Waals surface area contributed by atoms with Crippen molar-refractivity contribution in [1.29, 1.82) is 0 Å². The van der Waals surface area contributed by atoms with Gasteiger partial charge in [0, 0.05) is 0 Å². The highest BCUT2D eigenvalue weighted by Crippen LogP contribution is 2.21. The molecule has 4 atom stereocenters. The van der Waals surface area contributed by atoms with E-state index in [9.17, 15) is 20.4 Å². The Balaban J connectivity index is 4.85. The van der Waals surface area contributed by atoms with E-state index in [2.05, 4.69) is 0 Å². The molecular formula is C17H36O8. The Morgan fingerprint density at radius 2 is 0.720 bits per heavy atom. The summed E-state index contributed by atoms with van der Waals surface area (Å²) in [6, 6.07) is 0. The van der Waals surface area contributed by atoms with Gasteiger partial charge in [-0.25, -0.2) is 0 Å². The first-order valence-corrected chi connectivity index (χ1v) is 8.70. The lowest BCUT2D eigenvalue weighted by atomic mass is 9.92. The topological polar surface area (TPSA) is 118 Å². The van der Waals surface area contributed by atoms with Gasteiger partial charge in [-0.15, -0.1) is 0 Å². The summed E-state index contributed by atoms with van der Waals surface area (Å²) in [5.41, 5.74) is -0.687. The van der Waals surface area contributed by atoms with E-state index >= 15 is 0 Å². The molecule has 0 rings (SSSR count). The van der Waals surface area contributed by atoms with Gasteiger partial charge in [0.1, 0.15) is 0 Å². The van der Waals surface area contributed by atoms with Crippen LogP contribution in [0.15, 0.2) is 0 Å². The van der Waals surface area contributed by atoms with Crippen LogP contribution in [0.2, 0.25) is 0 Å². The minimum absolute atomic E-state index is 0.158. The minimum Gasteiger partial charge on any atom is -0.391 e. The molecule has 0 saturated heterocycles. The Hall–Kier alpha value is -0.320. The second kappa shape index (κ2) is 13.8. The highest BCUT2D eigenvalue weighted by molar-refractivity contribution is 4.80. The maximum absolute atomic E-state index is 9.38. The Bertz CT molecular complexity index is 246. The molecule has 0 spiro atoms. The summed E-state index contributed by atoms with van der Waals surface area (Å²) in [7, 11) is 0. The molecule has 8 nitrogen and oxygen atoms in total. The molecule has 25 heavy (non-hydrogen) atoms. The second-order valence-electron chi connectivity index (χ2n) is 6.96. The third kappa shape index (κ3) is 14.5. The number of rotatable bonds is 16. The Morgan fingerprint density at radius 3 is 0.880 bits per heavy atom. The first-order chi connectivity index (χ1) is 11.7. The lowest BCUT2D eigenvalue weighted by Crippen LogP contribution is -2.43. The quantitative estimate of drug-likeness (QED) is 0.290. The van der Waals surface area contributed by atoms with Gasteiger partial charge in [0.15, 0.2) is 0 Å². The molecule has 0 bridgehead atoms. The number of aliphatic hydroxyl groups is 4. The van der Waals surface area contributed by atoms with Crippen molar-refractivity contribution in [3.05, 3.63) is 0 Å². The first kappa shape index (κ1) is 24.7. The molecule has 0 aliphatic rings. The van der Waals surface area contributed by atoms with Crippen LogP contribution >= 0.6 is 0 Å². The average Bonchev–Trinajstić information content (AvgIpc) is 2.45. The standard InChI is InChI=1S/C17H36O8/c1-13(18)5-22-9-17(10-23-6-14(2)19,11-24-7-15(3)20)12-25-8-16(4)21/h13-16,18-21H,5-12H2,1-4H3. The largest absolute Gasteiger partial charge is 0.391 e. The van der Waals surface area contributed by atoms with Crippen LogP contribution in [0, 0.1) is 5.41 Å². The number of ether oxygens (including phenoxy) is 4. The number of aliphatic hydroxyl groups excluding tert-OH is 4. The lowest BCUT2D eigenvalue weighted by molar-refractivity contribution is -0.128. The predicted octanol–water partition coefficient (Wildman–Crippen LogP) is -0.438. The van der Waals surface area contributed by atoms with Crippen molar-refractivity contribution in [2.45, 2.75) is 52.1 Å². The van der Waals surface area contributed by atoms with E-state index in [4.69, 9.17) is 18.9 Å².